The lowest BCUT2D eigenvalue weighted by Gasteiger charge is -2.14. The quantitative estimate of drug-likeness (QED) is 0.887. The molecule has 0 radical (unpaired) electrons. The summed E-state index contributed by atoms with van der Waals surface area (Å²) in [5.41, 5.74) is 7.61. The Hall–Kier alpha value is -2.17. The summed E-state index contributed by atoms with van der Waals surface area (Å²) >= 11 is 0. The molecular weight excluding hydrogens is 243 g/mol. The van der Waals surface area contributed by atoms with Crippen LogP contribution in [0.15, 0.2) is 30.6 Å². The van der Waals surface area contributed by atoms with Crippen LogP contribution in [0.4, 0.5) is 16.0 Å². The van der Waals surface area contributed by atoms with Gasteiger partial charge in [0.15, 0.2) is 0 Å². The number of nitrogens with two attached hydrogens (primary N) is 1. The fourth-order valence-corrected chi connectivity index (χ4v) is 1.95. The second-order valence-electron chi connectivity index (χ2n) is 4.66. The molecule has 0 atom stereocenters. The average molecular weight is 260 g/mol. The maximum absolute atomic E-state index is 13.1. The second-order valence-corrected chi connectivity index (χ2v) is 4.66. The number of halogens is 1. The Kier molecular flexibility index (Phi) is 3.94. The normalized spacial score (nSPS) is 10.7. The van der Waals surface area contributed by atoms with E-state index in [4.69, 9.17) is 5.73 Å². The minimum Gasteiger partial charge on any atom is -0.383 e. The maximum Gasteiger partial charge on any atom is 0.135 e. The Morgan fingerprint density at radius 3 is 2.79 bits per heavy atom. The lowest BCUT2D eigenvalue weighted by Crippen LogP contribution is -2.09. The molecular formula is C14H17FN4. The number of nitrogens with zero attached hydrogens (tertiary/aromatic N) is 2. The van der Waals surface area contributed by atoms with Gasteiger partial charge in [-0.25, -0.2) is 14.4 Å². The molecule has 0 aliphatic heterocycles. The second kappa shape index (κ2) is 5.65. The van der Waals surface area contributed by atoms with Gasteiger partial charge in [-0.1, -0.05) is 26.0 Å². The minimum absolute atomic E-state index is 0.219. The van der Waals surface area contributed by atoms with E-state index < -0.39 is 0 Å². The van der Waals surface area contributed by atoms with E-state index in [0.29, 0.717) is 18.2 Å². The van der Waals surface area contributed by atoms with E-state index >= 15 is 0 Å². The zero-order valence-corrected chi connectivity index (χ0v) is 11.0. The van der Waals surface area contributed by atoms with Crippen molar-refractivity contribution in [3.63, 3.8) is 0 Å². The van der Waals surface area contributed by atoms with Crippen molar-refractivity contribution in [3.05, 3.63) is 47.5 Å². The smallest absolute Gasteiger partial charge is 0.135 e. The van der Waals surface area contributed by atoms with Crippen LogP contribution in [0.25, 0.3) is 0 Å². The van der Waals surface area contributed by atoms with Gasteiger partial charge >= 0.3 is 0 Å². The van der Waals surface area contributed by atoms with Crippen LogP contribution in [0.2, 0.25) is 0 Å². The minimum atomic E-state index is -0.245. The molecule has 0 saturated carbocycles. The number of hydrogen-bond donors (Lipinski definition) is 2. The number of benzene rings is 1. The highest BCUT2D eigenvalue weighted by Crippen LogP contribution is 2.26. The first-order valence-corrected chi connectivity index (χ1v) is 6.16. The van der Waals surface area contributed by atoms with Crippen LogP contribution < -0.4 is 11.1 Å². The highest BCUT2D eigenvalue weighted by atomic mass is 19.1. The Morgan fingerprint density at radius 2 is 2.11 bits per heavy atom. The van der Waals surface area contributed by atoms with Crippen LogP contribution in [-0.4, -0.2) is 9.97 Å². The van der Waals surface area contributed by atoms with Crippen molar-refractivity contribution < 1.29 is 4.39 Å². The first-order chi connectivity index (χ1) is 9.08. The van der Waals surface area contributed by atoms with E-state index in [1.165, 1.54) is 18.5 Å². The summed E-state index contributed by atoms with van der Waals surface area (Å²) in [5.74, 6) is 1.15. The molecule has 0 aliphatic carbocycles. The molecule has 4 nitrogen and oxygen atoms in total. The van der Waals surface area contributed by atoms with Crippen molar-refractivity contribution in [1.29, 1.82) is 0 Å². The van der Waals surface area contributed by atoms with E-state index in [9.17, 15) is 4.39 Å². The topological polar surface area (TPSA) is 63.8 Å². The molecule has 100 valence electrons. The SMILES string of the molecule is CC(C)c1c(N)ncnc1NCc1cccc(F)c1. The molecule has 0 spiro atoms. The molecule has 0 amide bonds. The van der Waals surface area contributed by atoms with Crippen molar-refractivity contribution in [2.75, 3.05) is 11.1 Å². The monoisotopic (exact) mass is 260 g/mol. The van der Waals surface area contributed by atoms with Gasteiger partial charge in [0.2, 0.25) is 0 Å². The number of nitrogen functional groups attached to an aromatic ring is 1. The van der Waals surface area contributed by atoms with Gasteiger partial charge in [-0.05, 0) is 23.6 Å². The van der Waals surface area contributed by atoms with E-state index in [0.717, 1.165) is 11.1 Å². The van der Waals surface area contributed by atoms with Gasteiger partial charge in [-0.2, -0.15) is 0 Å². The summed E-state index contributed by atoms with van der Waals surface area (Å²) in [6.45, 7) is 4.55. The Labute approximate surface area is 111 Å². The summed E-state index contributed by atoms with van der Waals surface area (Å²) in [5, 5.41) is 3.18. The molecule has 5 heteroatoms. The number of anilines is 2. The Balaban J connectivity index is 2.18. The van der Waals surface area contributed by atoms with E-state index in [2.05, 4.69) is 15.3 Å². The molecule has 1 aromatic heterocycles. The molecule has 0 bridgehead atoms. The van der Waals surface area contributed by atoms with Gasteiger partial charge in [0.25, 0.3) is 0 Å². The van der Waals surface area contributed by atoms with Gasteiger partial charge in [-0.3, -0.25) is 0 Å². The molecule has 0 aliphatic rings. The number of hydrogen-bond acceptors (Lipinski definition) is 4. The van der Waals surface area contributed by atoms with Crippen molar-refractivity contribution in [1.82, 2.24) is 9.97 Å². The van der Waals surface area contributed by atoms with Gasteiger partial charge in [0.05, 0.1) is 0 Å². The molecule has 3 N–H and O–H groups in total. The fourth-order valence-electron chi connectivity index (χ4n) is 1.95. The molecule has 2 aromatic rings. The Bertz CT molecular complexity index is 569. The van der Waals surface area contributed by atoms with Crippen molar-refractivity contribution >= 4 is 11.6 Å². The number of nitrogens with one attached hydrogen (secondary N) is 1. The maximum atomic E-state index is 13.1. The summed E-state index contributed by atoms with van der Waals surface area (Å²) in [4.78, 5) is 8.20. The summed E-state index contributed by atoms with van der Waals surface area (Å²) in [7, 11) is 0. The van der Waals surface area contributed by atoms with Crippen LogP contribution in [0.5, 0.6) is 0 Å². The predicted octanol–water partition coefficient (Wildman–Crippen LogP) is 2.93. The van der Waals surface area contributed by atoms with Gasteiger partial charge in [0.1, 0.15) is 23.8 Å². The largest absolute Gasteiger partial charge is 0.383 e. The summed E-state index contributed by atoms with van der Waals surface area (Å²) in [6, 6.07) is 6.46. The Morgan fingerprint density at radius 1 is 1.32 bits per heavy atom. The van der Waals surface area contributed by atoms with E-state index in [-0.39, 0.29) is 11.7 Å². The van der Waals surface area contributed by atoms with Gasteiger partial charge in [-0.15, -0.1) is 0 Å². The van der Waals surface area contributed by atoms with E-state index in [1.807, 2.05) is 19.9 Å². The number of aromatic nitrogens is 2. The summed E-state index contributed by atoms with van der Waals surface area (Å²) in [6.07, 6.45) is 1.43. The highest BCUT2D eigenvalue weighted by molar-refractivity contribution is 5.56. The molecule has 1 aromatic carbocycles. The third kappa shape index (κ3) is 3.19. The van der Waals surface area contributed by atoms with Crippen LogP contribution in [0, 0.1) is 5.82 Å². The highest BCUT2D eigenvalue weighted by Gasteiger charge is 2.12. The lowest BCUT2D eigenvalue weighted by molar-refractivity contribution is 0.626. The van der Waals surface area contributed by atoms with Crippen LogP contribution in [0.3, 0.4) is 0 Å². The molecule has 0 fully saturated rings. The molecule has 0 saturated heterocycles. The van der Waals surface area contributed by atoms with Crippen molar-refractivity contribution in [3.8, 4) is 0 Å². The van der Waals surface area contributed by atoms with E-state index in [1.54, 1.807) is 6.07 Å². The zero-order valence-electron chi connectivity index (χ0n) is 11.0. The lowest BCUT2D eigenvalue weighted by atomic mass is 10.0. The molecule has 19 heavy (non-hydrogen) atoms. The fraction of sp³-hybridized carbons (Fsp3) is 0.286. The molecule has 2 rings (SSSR count). The van der Waals surface area contributed by atoms with Gasteiger partial charge in [0, 0.05) is 12.1 Å². The third-order valence-corrected chi connectivity index (χ3v) is 2.84. The first-order valence-electron chi connectivity index (χ1n) is 6.16. The number of rotatable bonds is 4. The van der Waals surface area contributed by atoms with Crippen LogP contribution in [-0.2, 0) is 6.54 Å². The predicted molar refractivity (Wildman–Crippen MR) is 74.3 cm³/mol. The molecule has 0 unspecified atom stereocenters. The first kappa shape index (κ1) is 13.3. The van der Waals surface area contributed by atoms with Gasteiger partial charge < -0.3 is 11.1 Å². The van der Waals surface area contributed by atoms with Crippen molar-refractivity contribution in [2.45, 2.75) is 26.3 Å². The molecule has 1 heterocycles. The third-order valence-electron chi connectivity index (χ3n) is 2.84. The van der Waals surface area contributed by atoms with Crippen LogP contribution >= 0.6 is 0 Å². The zero-order chi connectivity index (χ0) is 13.8. The average Bonchev–Trinajstić information content (AvgIpc) is 2.36. The van der Waals surface area contributed by atoms with Crippen molar-refractivity contribution in [2.24, 2.45) is 0 Å². The van der Waals surface area contributed by atoms with Crippen LogP contribution in [0.1, 0.15) is 30.9 Å². The standard InChI is InChI=1S/C14H17FN4/c1-9(2)12-13(16)18-8-19-14(12)17-7-10-4-3-5-11(15)6-10/h3-6,8-9H,7H2,1-2H3,(H3,16,17,18,19). The summed E-state index contributed by atoms with van der Waals surface area (Å²) < 4.78 is 13.1.